The molecule has 1 fully saturated rings. The molecule has 0 unspecified atom stereocenters. The lowest BCUT2D eigenvalue weighted by Crippen LogP contribution is -2.40. The zero-order valence-corrected chi connectivity index (χ0v) is 10.4. The normalized spacial score (nSPS) is 18.2. The molecular formula is C11H27N3. The molecule has 1 heterocycles. The van der Waals surface area contributed by atoms with Crippen molar-refractivity contribution in [1.82, 2.24) is 15.5 Å². The smallest absolute Gasteiger partial charge is 0.0104 e. The Morgan fingerprint density at radius 2 is 1.43 bits per heavy atom. The lowest BCUT2D eigenvalue weighted by atomic mass is 10.3. The average molecular weight is 201 g/mol. The predicted molar refractivity (Wildman–Crippen MR) is 63.8 cm³/mol. The lowest BCUT2D eigenvalue weighted by molar-refractivity contribution is 0.291. The number of hydrogen-bond acceptors (Lipinski definition) is 3. The van der Waals surface area contributed by atoms with E-state index in [4.69, 9.17) is 0 Å². The molecule has 1 aliphatic heterocycles. The molecule has 0 aromatic carbocycles. The number of piperazine rings is 1. The van der Waals surface area contributed by atoms with Crippen molar-refractivity contribution in [2.45, 2.75) is 39.8 Å². The summed E-state index contributed by atoms with van der Waals surface area (Å²) in [5, 5.41) is 6.58. The van der Waals surface area contributed by atoms with Gasteiger partial charge in [-0.05, 0) is 7.05 Å². The second-order valence-electron chi connectivity index (χ2n) is 4.53. The van der Waals surface area contributed by atoms with Gasteiger partial charge >= 0.3 is 0 Å². The van der Waals surface area contributed by atoms with E-state index in [1.807, 2.05) is 0 Å². The van der Waals surface area contributed by atoms with Gasteiger partial charge in [0.1, 0.15) is 0 Å². The van der Waals surface area contributed by atoms with Crippen LogP contribution < -0.4 is 10.6 Å². The first-order chi connectivity index (χ1) is 6.52. The molecule has 1 aliphatic rings. The SMILES string of the molecule is CC(C)NC(C)C.CN1CCNCC1. The second kappa shape index (κ2) is 8.21. The van der Waals surface area contributed by atoms with Crippen LogP contribution in [0.15, 0.2) is 0 Å². The van der Waals surface area contributed by atoms with Gasteiger partial charge in [-0.1, -0.05) is 27.7 Å². The highest BCUT2D eigenvalue weighted by molar-refractivity contribution is 4.62. The Hall–Kier alpha value is -0.120. The third kappa shape index (κ3) is 9.96. The van der Waals surface area contributed by atoms with E-state index < -0.39 is 0 Å². The lowest BCUT2D eigenvalue weighted by Gasteiger charge is -2.21. The van der Waals surface area contributed by atoms with Crippen LogP contribution in [0.3, 0.4) is 0 Å². The van der Waals surface area contributed by atoms with E-state index in [-0.39, 0.29) is 0 Å². The molecule has 1 saturated heterocycles. The number of nitrogens with one attached hydrogen (secondary N) is 2. The minimum Gasteiger partial charge on any atom is -0.314 e. The van der Waals surface area contributed by atoms with Gasteiger partial charge in [-0.25, -0.2) is 0 Å². The molecule has 0 spiro atoms. The molecule has 3 nitrogen and oxygen atoms in total. The molecule has 0 aliphatic carbocycles. The Bertz CT molecular complexity index is 112. The number of nitrogens with zero attached hydrogens (tertiary/aromatic N) is 1. The molecule has 14 heavy (non-hydrogen) atoms. The molecule has 3 heteroatoms. The fourth-order valence-electron chi connectivity index (χ4n) is 1.44. The van der Waals surface area contributed by atoms with E-state index in [9.17, 15) is 0 Å². The predicted octanol–water partition coefficient (Wildman–Crippen LogP) is 0.914. The first-order valence-electron chi connectivity index (χ1n) is 5.67. The summed E-state index contributed by atoms with van der Waals surface area (Å²) in [6, 6.07) is 1.25. The summed E-state index contributed by atoms with van der Waals surface area (Å²) in [5.41, 5.74) is 0. The molecule has 1 rings (SSSR count). The van der Waals surface area contributed by atoms with Crippen LogP contribution in [-0.2, 0) is 0 Å². The van der Waals surface area contributed by atoms with Crippen LogP contribution in [0.4, 0.5) is 0 Å². The van der Waals surface area contributed by atoms with Crippen LogP contribution in [0.2, 0.25) is 0 Å². The summed E-state index contributed by atoms with van der Waals surface area (Å²) in [5.74, 6) is 0. The van der Waals surface area contributed by atoms with E-state index in [0.717, 1.165) is 13.1 Å². The van der Waals surface area contributed by atoms with Crippen LogP contribution in [0.5, 0.6) is 0 Å². The topological polar surface area (TPSA) is 27.3 Å². The van der Waals surface area contributed by atoms with Gasteiger partial charge in [0.05, 0.1) is 0 Å². The van der Waals surface area contributed by atoms with Crippen LogP contribution in [0.1, 0.15) is 27.7 Å². The minimum atomic E-state index is 0.625. The Balaban J connectivity index is 0.000000241. The van der Waals surface area contributed by atoms with E-state index in [1.165, 1.54) is 13.1 Å². The third-order valence-electron chi connectivity index (χ3n) is 2.01. The second-order valence-corrected chi connectivity index (χ2v) is 4.53. The molecule has 0 atom stereocenters. The van der Waals surface area contributed by atoms with Crippen molar-refractivity contribution in [3.8, 4) is 0 Å². The molecular weight excluding hydrogens is 174 g/mol. The maximum absolute atomic E-state index is 3.31. The number of rotatable bonds is 2. The molecule has 0 saturated carbocycles. The number of hydrogen-bond donors (Lipinski definition) is 2. The standard InChI is InChI=1S/C6H15N.C5H12N2/c1-5(2)7-6(3)4;1-7-4-2-6-3-5-7/h5-7H,1-4H3;6H,2-5H2,1H3. The maximum Gasteiger partial charge on any atom is 0.0104 e. The van der Waals surface area contributed by atoms with Crippen LogP contribution in [0, 0.1) is 0 Å². The molecule has 0 aromatic heterocycles. The zero-order valence-electron chi connectivity index (χ0n) is 10.4. The first-order valence-corrected chi connectivity index (χ1v) is 5.67. The fourth-order valence-corrected chi connectivity index (χ4v) is 1.44. The Morgan fingerprint density at radius 3 is 1.57 bits per heavy atom. The van der Waals surface area contributed by atoms with Gasteiger partial charge in [-0.3, -0.25) is 0 Å². The fraction of sp³-hybridized carbons (Fsp3) is 1.00. The third-order valence-corrected chi connectivity index (χ3v) is 2.01. The maximum atomic E-state index is 3.31. The van der Waals surface area contributed by atoms with E-state index >= 15 is 0 Å². The van der Waals surface area contributed by atoms with Gasteiger partial charge in [-0.15, -0.1) is 0 Å². The first kappa shape index (κ1) is 13.9. The van der Waals surface area contributed by atoms with Gasteiger partial charge in [0.25, 0.3) is 0 Å². The summed E-state index contributed by atoms with van der Waals surface area (Å²) < 4.78 is 0. The summed E-state index contributed by atoms with van der Waals surface area (Å²) >= 11 is 0. The number of likely N-dealkylation sites (N-methyl/N-ethyl adjacent to an activating group) is 1. The molecule has 86 valence electrons. The molecule has 0 aromatic rings. The van der Waals surface area contributed by atoms with Crippen molar-refractivity contribution in [2.24, 2.45) is 0 Å². The minimum absolute atomic E-state index is 0.625. The average Bonchev–Trinajstić information content (AvgIpc) is 2.03. The highest BCUT2D eigenvalue weighted by Gasteiger charge is 2.01. The molecule has 0 radical (unpaired) electrons. The van der Waals surface area contributed by atoms with Gasteiger partial charge < -0.3 is 15.5 Å². The van der Waals surface area contributed by atoms with Crippen molar-refractivity contribution >= 4 is 0 Å². The van der Waals surface area contributed by atoms with Crippen molar-refractivity contribution in [2.75, 3.05) is 33.2 Å². The van der Waals surface area contributed by atoms with Crippen molar-refractivity contribution in [3.63, 3.8) is 0 Å². The van der Waals surface area contributed by atoms with Gasteiger partial charge in [0.2, 0.25) is 0 Å². The summed E-state index contributed by atoms with van der Waals surface area (Å²) in [4.78, 5) is 2.33. The van der Waals surface area contributed by atoms with Crippen molar-refractivity contribution < 1.29 is 0 Å². The van der Waals surface area contributed by atoms with Gasteiger partial charge in [0, 0.05) is 38.3 Å². The molecule has 2 N–H and O–H groups in total. The van der Waals surface area contributed by atoms with Crippen molar-refractivity contribution in [1.29, 1.82) is 0 Å². The molecule has 0 amide bonds. The van der Waals surface area contributed by atoms with E-state index in [2.05, 4.69) is 50.3 Å². The van der Waals surface area contributed by atoms with Crippen LogP contribution >= 0.6 is 0 Å². The van der Waals surface area contributed by atoms with Crippen LogP contribution in [-0.4, -0.2) is 50.2 Å². The van der Waals surface area contributed by atoms with Crippen LogP contribution in [0.25, 0.3) is 0 Å². The summed E-state index contributed by atoms with van der Waals surface area (Å²) in [6.45, 7) is 13.4. The molecule has 0 bridgehead atoms. The summed E-state index contributed by atoms with van der Waals surface area (Å²) in [6.07, 6.45) is 0. The van der Waals surface area contributed by atoms with E-state index in [1.54, 1.807) is 0 Å². The highest BCUT2D eigenvalue weighted by atomic mass is 15.2. The largest absolute Gasteiger partial charge is 0.314 e. The zero-order chi connectivity index (χ0) is 11.0. The Kier molecular flexibility index (Phi) is 8.14. The van der Waals surface area contributed by atoms with Gasteiger partial charge in [0.15, 0.2) is 0 Å². The monoisotopic (exact) mass is 201 g/mol. The quantitative estimate of drug-likeness (QED) is 0.695. The van der Waals surface area contributed by atoms with Crippen molar-refractivity contribution in [3.05, 3.63) is 0 Å². The summed E-state index contributed by atoms with van der Waals surface area (Å²) in [7, 11) is 2.15. The van der Waals surface area contributed by atoms with E-state index in [0.29, 0.717) is 12.1 Å². The Morgan fingerprint density at radius 1 is 1.00 bits per heavy atom. The van der Waals surface area contributed by atoms with Gasteiger partial charge in [-0.2, -0.15) is 0 Å². The Labute approximate surface area is 89.2 Å². The highest BCUT2D eigenvalue weighted by Crippen LogP contribution is 1.83.